The van der Waals surface area contributed by atoms with Crippen molar-refractivity contribution in [3.63, 3.8) is 0 Å². The molecule has 1 fully saturated rings. The van der Waals surface area contributed by atoms with Gasteiger partial charge in [-0.1, -0.05) is 19.0 Å². The summed E-state index contributed by atoms with van der Waals surface area (Å²) in [5, 5.41) is 4.07. The highest BCUT2D eigenvalue weighted by Gasteiger charge is 2.20. The van der Waals surface area contributed by atoms with Crippen LogP contribution in [0.2, 0.25) is 0 Å². The molecule has 0 spiro atoms. The molecule has 20 heavy (non-hydrogen) atoms. The normalized spacial score (nSPS) is 20.2. The van der Waals surface area contributed by atoms with E-state index < -0.39 is 0 Å². The van der Waals surface area contributed by atoms with Crippen LogP contribution in [0.15, 0.2) is 4.52 Å². The van der Waals surface area contributed by atoms with Crippen LogP contribution in [-0.2, 0) is 17.6 Å². The molecule has 2 heterocycles. The fraction of sp³-hybridized carbons (Fsp3) is 0.867. The van der Waals surface area contributed by atoms with Gasteiger partial charge in [0.05, 0.1) is 6.10 Å². The average Bonchev–Trinajstić information content (AvgIpc) is 2.85. The smallest absolute Gasteiger partial charge is 0.226 e. The molecule has 1 saturated heterocycles. The van der Waals surface area contributed by atoms with Crippen LogP contribution < -0.4 is 5.73 Å². The maximum Gasteiger partial charge on any atom is 0.226 e. The van der Waals surface area contributed by atoms with E-state index in [1.807, 2.05) is 0 Å². The van der Waals surface area contributed by atoms with Crippen LogP contribution in [0.5, 0.6) is 0 Å². The number of hydrogen-bond donors (Lipinski definition) is 1. The molecule has 0 saturated carbocycles. The summed E-state index contributed by atoms with van der Waals surface area (Å²) in [5.41, 5.74) is 5.86. The fourth-order valence-electron chi connectivity index (χ4n) is 2.61. The summed E-state index contributed by atoms with van der Waals surface area (Å²) in [6.07, 6.45) is 7.42. The molecule has 1 unspecified atom stereocenters. The maximum absolute atomic E-state index is 5.70. The molecule has 114 valence electrons. The first kappa shape index (κ1) is 15.4. The topological polar surface area (TPSA) is 74.2 Å². The van der Waals surface area contributed by atoms with Crippen molar-refractivity contribution in [2.75, 3.05) is 13.2 Å². The highest BCUT2D eigenvalue weighted by Crippen LogP contribution is 2.26. The van der Waals surface area contributed by atoms with Gasteiger partial charge in [-0.3, -0.25) is 0 Å². The van der Waals surface area contributed by atoms with E-state index in [4.69, 9.17) is 15.0 Å². The van der Waals surface area contributed by atoms with Gasteiger partial charge in [0, 0.05) is 19.4 Å². The predicted molar refractivity (Wildman–Crippen MR) is 77.4 cm³/mol. The second kappa shape index (κ2) is 7.18. The van der Waals surface area contributed by atoms with E-state index in [1.54, 1.807) is 0 Å². The Hall–Kier alpha value is -0.940. The largest absolute Gasteiger partial charge is 0.378 e. The Morgan fingerprint density at radius 1 is 1.30 bits per heavy atom. The van der Waals surface area contributed by atoms with Crippen LogP contribution in [0, 0.1) is 5.41 Å². The third-order valence-electron chi connectivity index (χ3n) is 4.03. The van der Waals surface area contributed by atoms with Crippen molar-refractivity contribution >= 4 is 0 Å². The second-order valence-corrected chi connectivity index (χ2v) is 6.50. The average molecular weight is 281 g/mol. The summed E-state index contributed by atoms with van der Waals surface area (Å²) in [4.78, 5) is 4.48. The summed E-state index contributed by atoms with van der Waals surface area (Å²) >= 11 is 0. The first-order chi connectivity index (χ1) is 9.59. The van der Waals surface area contributed by atoms with Crippen LogP contribution >= 0.6 is 0 Å². The Morgan fingerprint density at radius 3 is 2.85 bits per heavy atom. The van der Waals surface area contributed by atoms with Crippen molar-refractivity contribution < 1.29 is 9.26 Å². The monoisotopic (exact) mass is 281 g/mol. The quantitative estimate of drug-likeness (QED) is 0.831. The summed E-state index contributed by atoms with van der Waals surface area (Å²) in [7, 11) is 0. The lowest BCUT2D eigenvalue weighted by Gasteiger charge is -2.22. The fourth-order valence-corrected chi connectivity index (χ4v) is 2.61. The molecule has 2 N–H and O–H groups in total. The van der Waals surface area contributed by atoms with E-state index >= 15 is 0 Å². The van der Waals surface area contributed by atoms with E-state index in [1.165, 1.54) is 12.8 Å². The number of nitrogens with zero attached hydrogens (tertiary/aromatic N) is 2. The summed E-state index contributed by atoms with van der Waals surface area (Å²) < 4.78 is 11.0. The standard InChI is InChI=1S/C15H27N3O2/c1-15(2,8-9-16)7-6-14-17-13(18-20-14)11-12-5-3-4-10-19-12/h12H,3-11,16H2,1-2H3. The van der Waals surface area contributed by atoms with Crippen molar-refractivity contribution in [2.45, 2.75) is 64.9 Å². The zero-order valence-electron chi connectivity index (χ0n) is 12.7. The lowest BCUT2D eigenvalue weighted by Crippen LogP contribution is -2.21. The predicted octanol–water partition coefficient (Wildman–Crippen LogP) is 2.49. The van der Waals surface area contributed by atoms with E-state index in [-0.39, 0.29) is 11.5 Å². The molecule has 1 aromatic rings. The zero-order chi connectivity index (χ0) is 14.4. The third kappa shape index (κ3) is 4.87. The van der Waals surface area contributed by atoms with Gasteiger partial charge in [0.2, 0.25) is 5.89 Å². The van der Waals surface area contributed by atoms with Crippen molar-refractivity contribution in [3.8, 4) is 0 Å². The number of aromatic nitrogens is 2. The molecule has 1 aliphatic rings. The van der Waals surface area contributed by atoms with Gasteiger partial charge in [-0.25, -0.2) is 0 Å². The minimum atomic E-state index is 0.232. The lowest BCUT2D eigenvalue weighted by molar-refractivity contribution is 0.0153. The molecular formula is C15H27N3O2. The van der Waals surface area contributed by atoms with Gasteiger partial charge in [0.15, 0.2) is 5.82 Å². The SMILES string of the molecule is CC(C)(CCN)CCc1nc(CC2CCCCO2)no1. The molecular weight excluding hydrogens is 254 g/mol. The van der Waals surface area contributed by atoms with Crippen molar-refractivity contribution in [3.05, 3.63) is 11.7 Å². The van der Waals surface area contributed by atoms with Gasteiger partial charge < -0.3 is 15.0 Å². The van der Waals surface area contributed by atoms with E-state index in [0.717, 1.165) is 57.0 Å². The van der Waals surface area contributed by atoms with E-state index in [0.29, 0.717) is 0 Å². The molecule has 2 rings (SSSR count). The van der Waals surface area contributed by atoms with E-state index in [9.17, 15) is 0 Å². The number of ether oxygens (including phenoxy) is 1. The maximum atomic E-state index is 5.70. The summed E-state index contributed by atoms with van der Waals surface area (Å²) in [5.74, 6) is 1.52. The van der Waals surface area contributed by atoms with Crippen LogP contribution in [0.25, 0.3) is 0 Å². The van der Waals surface area contributed by atoms with Crippen molar-refractivity contribution in [1.82, 2.24) is 10.1 Å². The number of hydrogen-bond acceptors (Lipinski definition) is 5. The Bertz CT molecular complexity index is 398. The summed E-state index contributed by atoms with van der Waals surface area (Å²) in [6.45, 7) is 6.05. The minimum Gasteiger partial charge on any atom is -0.378 e. The molecule has 1 aromatic heterocycles. The molecule has 0 bridgehead atoms. The van der Waals surface area contributed by atoms with Crippen LogP contribution in [0.1, 0.15) is 57.7 Å². The Kier molecular flexibility index (Phi) is 5.54. The third-order valence-corrected chi connectivity index (χ3v) is 4.03. The van der Waals surface area contributed by atoms with Crippen LogP contribution in [-0.4, -0.2) is 29.4 Å². The number of aryl methyl sites for hydroxylation is 1. The Balaban J connectivity index is 1.79. The molecule has 0 aliphatic carbocycles. The Morgan fingerprint density at radius 2 is 2.15 bits per heavy atom. The number of nitrogens with two attached hydrogens (primary N) is 1. The van der Waals surface area contributed by atoms with Gasteiger partial charge in [-0.05, 0) is 44.1 Å². The molecule has 1 aliphatic heterocycles. The lowest BCUT2D eigenvalue weighted by atomic mass is 9.84. The van der Waals surface area contributed by atoms with Gasteiger partial charge in [0.25, 0.3) is 0 Å². The van der Waals surface area contributed by atoms with Gasteiger partial charge in [-0.2, -0.15) is 4.98 Å². The zero-order valence-corrected chi connectivity index (χ0v) is 12.7. The molecule has 0 aromatic carbocycles. The van der Waals surface area contributed by atoms with Crippen LogP contribution in [0.4, 0.5) is 0 Å². The van der Waals surface area contributed by atoms with Gasteiger partial charge in [-0.15, -0.1) is 0 Å². The van der Waals surface area contributed by atoms with Crippen molar-refractivity contribution in [2.24, 2.45) is 11.1 Å². The van der Waals surface area contributed by atoms with Crippen LogP contribution in [0.3, 0.4) is 0 Å². The molecule has 0 amide bonds. The molecule has 0 radical (unpaired) electrons. The minimum absolute atomic E-state index is 0.232. The Labute approximate surface area is 121 Å². The number of rotatable bonds is 7. The van der Waals surface area contributed by atoms with Gasteiger partial charge in [0.1, 0.15) is 0 Å². The highest BCUT2D eigenvalue weighted by atomic mass is 16.5. The second-order valence-electron chi connectivity index (χ2n) is 6.50. The summed E-state index contributed by atoms with van der Waals surface area (Å²) in [6, 6.07) is 0. The first-order valence-electron chi connectivity index (χ1n) is 7.72. The molecule has 5 nitrogen and oxygen atoms in total. The molecule has 5 heteroatoms. The highest BCUT2D eigenvalue weighted by molar-refractivity contribution is 4.90. The van der Waals surface area contributed by atoms with E-state index in [2.05, 4.69) is 24.0 Å². The molecule has 1 atom stereocenters. The van der Waals surface area contributed by atoms with Crippen molar-refractivity contribution in [1.29, 1.82) is 0 Å². The first-order valence-corrected chi connectivity index (χ1v) is 7.72. The van der Waals surface area contributed by atoms with Gasteiger partial charge >= 0.3 is 0 Å².